The SMILES string of the molecule is NC(=O)C1CCN(C(=O)c2ccccc2-c2ccc(Cn3cccn3)cc2)CC1. The molecule has 6 nitrogen and oxygen atoms in total. The van der Waals surface area contributed by atoms with E-state index in [4.69, 9.17) is 5.73 Å². The van der Waals surface area contributed by atoms with Crippen molar-refractivity contribution >= 4 is 11.8 Å². The van der Waals surface area contributed by atoms with Crippen LogP contribution >= 0.6 is 0 Å². The highest BCUT2D eigenvalue weighted by Crippen LogP contribution is 2.27. The van der Waals surface area contributed by atoms with E-state index in [1.807, 2.05) is 58.2 Å². The Kier molecular flexibility index (Phi) is 5.42. The number of piperidine rings is 1. The Balaban J connectivity index is 1.52. The maximum atomic E-state index is 13.1. The maximum absolute atomic E-state index is 13.1. The molecule has 0 saturated carbocycles. The van der Waals surface area contributed by atoms with Crippen LogP contribution in [0.5, 0.6) is 0 Å². The molecule has 0 unspecified atom stereocenters. The number of carbonyl (C=O) groups is 2. The topological polar surface area (TPSA) is 81.2 Å². The highest BCUT2D eigenvalue weighted by molar-refractivity contribution is 6.01. The van der Waals surface area contributed by atoms with Gasteiger partial charge in [-0.2, -0.15) is 5.10 Å². The quantitative estimate of drug-likeness (QED) is 0.730. The van der Waals surface area contributed by atoms with E-state index in [-0.39, 0.29) is 17.7 Å². The number of likely N-dealkylation sites (tertiary alicyclic amines) is 1. The van der Waals surface area contributed by atoms with Crippen LogP contribution in [0.4, 0.5) is 0 Å². The van der Waals surface area contributed by atoms with E-state index in [2.05, 4.69) is 17.2 Å². The molecule has 1 fully saturated rings. The Bertz CT molecular complexity index is 988. The van der Waals surface area contributed by atoms with Crippen LogP contribution in [0.2, 0.25) is 0 Å². The average molecular weight is 388 g/mol. The number of nitrogens with two attached hydrogens (primary N) is 1. The largest absolute Gasteiger partial charge is 0.369 e. The standard InChI is InChI=1S/C23H24N4O2/c24-22(28)19-10-14-26(15-11-19)23(29)21-5-2-1-4-20(21)18-8-6-17(7-9-18)16-27-13-3-12-25-27/h1-9,12-13,19H,10-11,14-16H2,(H2,24,28). The minimum atomic E-state index is -0.271. The van der Waals surface area contributed by atoms with Crippen LogP contribution in [-0.2, 0) is 11.3 Å². The van der Waals surface area contributed by atoms with E-state index >= 15 is 0 Å². The second-order valence-electron chi connectivity index (χ2n) is 7.41. The van der Waals surface area contributed by atoms with Gasteiger partial charge in [0.25, 0.3) is 5.91 Å². The van der Waals surface area contributed by atoms with E-state index < -0.39 is 0 Å². The lowest BCUT2D eigenvalue weighted by Gasteiger charge is -2.31. The Morgan fingerprint density at radius 3 is 2.38 bits per heavy atom. The molecule has 29 heavy (non-hydrogen) atoms. The molecule has 1 aromatic heterocycles. The summed E-state index contributed by atoms with van der Waals surface area (Å²) in [5, 5.41) is 4.23. The summed E-state index contributed by atoms with van der Waals surface area (Å²) < 4.78 is 1.88. The molecule has 6 heteroatoms. The number of carbonyl (C=O) groups excluding carboxylic acids is 2. The number of amides is 2. The van der Waals surface area contributed by atoms with Crippen molar-refractivity contribution in [2.24, 2.45) is 11.7 Å². The van der Waals surface area contributed by atoms with Crippen molar-refractivity contribution in [3.63, 3.8) is 0 Å². The molecule has 2 N–H and O–H groups in total. The zero-order valence-corrected chi connectivity index (χ0v) is 16.2. The molecule has 1 saturated heterocycles. The molecule has 0 radical (unpaired) electrons. The Hall–Kier alpha value is -3.41. The second-order valence-corrected chi connectivity index (χ2v) is 7.41. The third-order valence-electron chi connectivity index (χ3n) is 5.51. The van der Waals surface area contributed by atoms with E-state index in [0.717, 1.165) is 16.7 Å². The van der Waals surface area contributed by atoms with Crippen LogP contribution in [0.25, 0.3) is 11.1 Å². The highest BCUT2D eigenvalue weighted by Gasteiger charge is 2.27. The number of rotatable bonds is 5. The predicted octanol–water partition coefficient (Wildman–Crippen LogP) is 2.94. The summed E-state index contributed by atoms with van der Waals surface area (Å²) in [4.78, 5) is 26.4. The summed E-state index contributed by atoms with van der Waals surface area (Å²) in [5.41, 5.74) is 9.16. The summed E-state index contributed by atoms with van der Waals surface area (Å²) in [5.74, 6) is -0.395. The van der Waals surface area contributed by atoms with E-state index in [1.165, 1.54) is 0 Å². The van der Waals surface area contributed by atoms with Gasteiger partial charge in [-0.05, 0) is 41.7 Å². The highest BCUT2D eigenvalue weighted by atomic mass is 16.2. The Morgan fingerprint density at radius 2 is 1.72 bits per heavy atom. The van der Waals surface area contributed by atoms with Crippen molar-refractivity contribution in [2.45, 2.75) is 19.4 Å². The van der Waals surface area contributed by atoms with Crippen molar-refractivity contribution in [2.75, 3.05) is 13.1 Å². The summed E-state index contributed by atoms with van der Waals surface area (Å²) in [6.45, 7) is 1.83. The summed E-state index contributed by atoms with van der Waals surface area (Å²) in [6.07, 6.45) is 4.96. The second kappa shape index (κ2) is 8.31. The molecule has 1 aliphatic heterocycles. The van der Waals surface area contributed by atoms with Gasteiger partial charge in [0.2, 0.25) is 5.91 Å². The van der Waals surface area contributed by atoms with Crippen molar-refractivity contribution in [3.05, 3.63) is 78.1 Å². The van der Waals surface area contributed by atoms with Crippen LogP contribution in [0, 0.1) is 5.92 Å². The van der Waals surface area contributed by atoms with Gasteiger partial charge in [-0.25, -0.2) is 0 Å². The maximum Gasteiger partial charge on any atom is 0.254 e. The number of hydrogen-bond donors (Lipinski definition) is 1. The fraction of sp³-hybridized carbons (Fsp3) is 0.261. The van der Waals surface area contributed by atoms with Crippen molar-refractivity contribution in [1.82, 2.24) is 14.7 Å². The van der Waals surface area contributed by atoms with Crippen LogP contribution in [0.3, 0.4) is 0 Å². The molecule has 0 bridgehead atoms. The van der Waals surface area contributed by atoms with Gasteiger partial charge in [0, 0.05) is 37.0 Å². The summed E-state index contributed by atoms with van der Waals surface area (Å²) in [6, 6.07) is 17.8. The molecular formula is C23H24N4O2. The van der Waals surface area contributed by atoms with Gasteiger partial charge in [-0.15, -0.1) is 0 Å². The van der Waals surface area contributed by atoms with Crippen LogP contribution in [0.15, 0.2) is 67.0 Å². The number of nitrogens with zero attached hydrogens (tertiary/aromatic N) is 3. The molecule has 4 rings (SSSR count). The third-order valence-corrected chi connectivity index (χ3v) is 5.51. The molecule has 148 valence electrons. The van der Waals surface area contributed by atoms with E-state index in [1.54, 1.807) is 6.20 Å². The Labute approximate surface area is 169 Å². The molecular weight excluding hydrogens is 364 g/mol. The average Bonchev–Trinajstić information content (AvgIpc) is 3.27. The number of primary amides is 1. The third kappa shape index (κ3) is 4.21. The smallest absolute Gasteiger partial charge is 0.254 e. The first-order chi connectivity index (χ1) is 14.1. The zero-order chi connectivity index (χ0) is 20.2. The van der Waals surface area contributed by atoms with Gasteiger partial charge in [0.05, 0.1) is 6.54 Å². The Morgan fingerprint density at radius 1 is 1.00 bits per heavy atom. The zero-order valence-electron chi connectivity index (χ0n) is 16.2. The monoisotopic (exact) mass is 388 g/mol. The number of aromatic nitrogens is 2. The van der Waals surface area contributed by atoms with Gasteiger partial charge in [0.15, 0.2) is 0 Å². The van der Waals surface area contributed by atoms with Crippen molar-refractivity contribution in [1.29, 1.82) is 0 Å². The lowest BCUT2D eigenvalue weighted by Crippen LogP contribution is -2.41. The summed E-state index contributed by atoms with van der Waals surface area (Å²) in [7, 11) is 0. The first kappa shape index (κ1) is 18.9. The van der Waals surface area contributed by atoms with Crippen molar-refractivity contribution < 1.29 is 9.59 Å². The van der Waals surface area contributed by atoms with Crippen molar-refractivity contribution in [3.8, 4) is 11.1 Å². The molecule has 2 amide bonds. The fourth-order valence-corrected chi connectivity index (χ4v) is 3.83. The molecule has 2 heterocycles. The van der Waals surface area contributed by atoms with Crippen LogP contribution in [0.1, 0.15) is 28.8 Å². The van der Waals surface area contributed by atoms with E-state index in [9.17, 15) is 9.59 Å². The molecule has 3 aromatic rings. The minimum Gasteiger partial charge on any atom is -0.369 e. The lowest BCUT2D eigenvalue weighted by molar-refractivity contribution is -0.123. The molecule has 1 aliphatic rings. The molecule has 0 aliphatic carbocycles. The molecule has 0 atom stereocenters. The van der Waals surface area contributed by atoms with Crippen LogP contribution in [-0.4, -0.2) is 39.6 Å². The molecule has 0 spiro atoms. The lowest BCUT2D eigenvalue weighted by atomic mass is 9.94. The van der Waals surface area contributed by atoms with Gasteiger partial charge < -0.3 is 10.6 Å². The van der Waals surface area contributed by atoms with E-state index in [0.29, 0.717) is 38.0 Å². The first-order valence-electron chi connectivity index (χ1n) is 9.86. The van der Waals surface area contributed by atoms with Gasteiger partial charge in [0.1, 0.15) is 0 Å². The van der Waals surface area contributed by atoms with Gasteiger partial charge >= 0.3 is 0 Å². The van der Waals surface area contributed by atoms with Gasteiger partial charge in [-0.1, -0.05) is 42.5 Å². The fourth-order valence-electron chi connectivity index (χ4n) is 3.83. The summed E-state index contributed by atoms with van der Waals surface area (Å²) >= 11 is 0. The predicted molar refractivity (Wildman–Crippen MR) is 111 cm³/mol. The van der Waals surface area contributed by atoms with Gasteiger partial charge in [-0.3, -0.25) is 14.3 Å². The number of benzene rings is 2. The minimum absolute atomic E-state index is 0.00383. The number of hydrogen-bond acceptors (Lipinski definition) is 3. The van der Waals surface area contributed by atoms with Crippen LogP contribution < -0.4 is 5.73 Å². The first-order valence-corrected chi connectivity index (χ1v) is 9.86. The molecule has 2 aromatic carbocycles. The normalized spacial score (nSPS) is 14.7.